The predicted molar refractivity (Wildman–Crippen MR) is 119 cm³/mol. The van der Waals surface area contributed by atoms with E-state index >= 15 is 0 Å². The van der Waals surface area contributed by atoms with Gasteiger partial charge < -0.3 is 15.0 Å². The SMILES string of the molecule is Cc1cc(Br)c(I)c(C(=O)Nc2ccnn2C2CN(C(=O)OC(C)(C)C)C2)c1. The molecule has 0 spiro atoms. The molecule has 1 aliphatic heterocycles. The van der Waals surface area contributed by atoms with Crippen molar-refractivity contribution in [3.05, 3.63) is 43.6 Å². The Morgan fingerprint density at radius 3 is 2.64 bits per heavy atom. The minimum Gasteiger partial charge on any atom is -0.444 e. The van der Waals surface area contributed by atoms with Crippen LogP contribution in [-0.2, 0) is 4.74 Å². The summed E-state index contributed by atoms with van der Waals surface area (Å²) in [5.74, 6) is 0.408. The van der Waals surface area contributed by atoms with E-state index < -0.39 is 5.60 Å². The third kappa shape index (κ3) is 4.68. The second-order valence-electron chi connectivity index (χ2n) is 7.76. The van der Waals surface area contributed by atoms with Crippen LogP contribution >= 0.6 is 38.5 Å². The molecule has 7 nitrogen and oxygen atoms in total. The van der Waals surface area contributed by atoms with Crippen molar-refractivity contribution >= 4 is 56.3 Å². The third-order valence-electron chi connectivity index (χ3n) is 4.19. The first-order valence-corrected chi connectivity index (χ1v) is 10.7. The highest BCUT2D eigenvalue weighted by atomic mass is 127. The molecule has 0 aliphatic carbocycles. The van der Waals surface area contributed by atoms with E-state index in [0.717, 1.165) is 13.6 Å². The van der Waals surface area contributed by atoms with Crippen molar-refractivity contribution in [2.24, 2.45) is 0 Å². The Hall–Kier alpha value is -1.62. The minimum absolute atomic E-state index is 0.00105. The van der Waals surface area contributed by atoms with Gasteiger partial charge in [0.15, 0.2) is 0 Å². The Bertz CT molecular complexity index is 916. The van der Waals surface area contributed by atoms with Gasteiger partial charge in [-0.15, -0.1) is 0 Å². The summed E-state index contributed by atoms with van der Waals surface area (Å²) in [5.41, 5.74) is 1.08. The maximum atomic E-state index is 12.8. The molecule has 0 bridgehead atoms. The van der Waals surface area contributed by atoms with E-state index in [0.29, 0.717) is 24.5 Å². The monoisotopic (exact) mass is 560 g/mol. The van der Waals surface area contributed by atoms with Crippen LogP contribution in [0.5, 0.6) is 0 Å². The fraction of sp³-hybridized carbons (Fsp3) is 0.421. The number of carbonyl (C=O) groups is 2. The van der Waals surface area contributed by atoms with Crippen molar-refractivity contribution in [2.45, 2.75) is 39.3 Å². The summed E-state index contributed by atoms with van der Waals surface area (Å²) in [5, 5.41) is 7.26. The summed E-state index contributed by atoms with van der Waals surface area (Å²) in [4.78, 5) is 26.5. The number of halogens is 2. The lowest BCUT2D eigenvalue weighted by atomic mass is 10.1. The van der Waals surface area contributed by atoms with E-state index in [2.05, 4.69) is 48.9 Å². The largest absolute Gasteiger partial charge is 0.444 e. The number of aromatic nitrogens is 2. The van der Waals surface area contributed by atoms with E-state index in [1.54, 1.807) is 21.8 Å². The molecule has 28 heavy (non-hydrogen) atoms. The number of anilines is 1. The maximum Gasteiger partial charge on any atom is 0.410 e. The maximum absolute atomic E-state index is 12.8. The molecule has 150 valence electrons. The molecule has 3 rings (SSSR count). The number of nitrogens with one attached hydrogen (secondary N) is 1. The predicted octanol–water partition coefficient (Wildman–Crippen LogP) is 4.60. The highest BCUT2D eigenvalue weighted by molar-refractivity contribution is 14.1. The van der Waals surface area contributed by atoms with Crippen molar-refractivity contribution in [1.82, 2.24) is 14.7 Å². The summed E-state index contributed by atoms with van der Waals surface area (Å²) in [6.45, 7) is 8.46. The first-order chi connectivity index (χ1) is 13.0. The molecule has 2 amide bonds. The molecule has 1 fully saturated rings. The fourth-order valence-corrected chi connectivity index (χ4v) is 3.99. The zero-order chi connectivity index (χ0) is 20.6. The van der Waals surface area contributed by atoms with Crippen molar-refractivity contribution < 1.29 is 14.3 Å². The van der Waals surface area contributed by atoms with Gasteiger partial charge in [0.05, 0.1) is 17.8 Å². The zero-order valence-electron chi connectivity index (χ0n) is 16.1. The molecule has 1 aliphatic rings. The van der Waals surface area contributed by atoms with Crippen LogP contribution in [0.15, 0.2) is 28.9 Å². The number of nitrogens with zero attached hydrogens (tertiary/aromatic N) is 3. The normalized spacial score (nSPS) is 14.6. The van der Waals surface area contributed by atoms with Gasteiger partial charge in [-0.3, -0.25) is 4.79 Å². The number of hydrogen-bond donors (Lipinski definition) is 1. The summed E-state index contributed by atoms with van der Waals surface area (Å²) >= 11 is 5.64. The molecular formula is C19H22BrIN4O3. The lowest BCUT2D eigenvalue weighted by molar-refractivity contribution is -0.000164. The number of aryl methyl sites for hydroxylation is 1. The second-order valence-corrected chi connectivity index (χ2v) is 9.70. The Labute approximate surface area is 186 Å². The summed E-state index contributed by atoms with van der Waals surface area (Å²) in [6, 6.07) is 5.59. The van der Waals surface area contributed by atoms with Crippen LogP contribution in [0.25, 0.3) is 0 Å². The summed E-state index contributed by atoms with van der Waals surface area (Å²) in [6.07, 6.45) is 1.31. The average molecular weight is 561 g/mol. The first kappa shape index (κ1) is 21.1. The molecule has 0 atom stereocenters. The van der Waals surface area contributed by atoms with Crippen molar-refractivity contribution in [3.8, 4) is 0 Å². The molecule has 9 heteroatoms. The van der Waals surface area contributed by atoms with Crippen molar-refractivity contribution in [2.75, 3.05) is 18.4 Å². The van der Waals surface area contributed by atoms with Gasteiger partial charge in [0.2, 0.25) is 0 Å². The number of rotatable bonds is 3. The highest BCUT2D eigenvalue weighted by Crippen LogP contribution is 2.28. The topological polar surface area (TPSA) is 76.5 Å². The van der Waals surface area contributed by atoms with Gasteiger partial charge in [0.1, 0.15) is 11.4 Å². The lowest BCUT2D eigenvalue weighted by Crippen LogP contribution is -2.52. The molecule has 1 aromatic carbocycles. The van der Waals surface area contributed by atoms with Gasteiger partial charge in [0.25, 0.3) is 5.91 Å². The molecule has 0 unspecified atom stereocenters. The number of carbonyl (C=O) groups excluding carboxylic acids is 2. The Balaban J connectivity index is 1.67. The van der Waals surface area contributed by atoms with Crippen molar-refractivity contribution in [3.63, 3.8) is 0 Å². The van der Waals surface area contributed by atoms with E-state index in [1.807, 2.05) is 39.8 Å². The Kier molecular flexibility index (Phi) is 6.04. The van der Waals surface area contributed by atoms with Crippen LogP contribution in [0.4, 0.5) is 10.6 Å². The van der Waals surface area contributed by atoms with Gasteiger partial charge in [-0.2, -0.15) is 5.10 Å². The molecular weight excluding hydrogens is 539 g/mol. The minimum atomic E-state index is -0.522. The molecule has 0 saturated carbocycles. The van der Waals surface area contributed by atoms with Crippen molar-refractivity contribution in [1.29, 1.82) is 0 Å². The quantitative estimate of drug-likeness (QED) is 0.557. The number of hydrogen-bond acceptors (Lipinski definition) is 4. The second kappa shape index (κ2) is 8.02. The standard InChI is InChI=1S/C19H22BrIN4O3/c1-11-7-13(16(21)14(20)8-11)17(26)23-15-5-6-22-25(15)12-9-24(10-12)18(27)28-19(2,3)4/h5-8,12H,9-10H2,1-4H3,(H,23,26). The number of benzene rings is 1. The van der Waals surface area contributed by atoms with Gasteiger partial charge in [-0.05, 0) is 83.9 Å². The van der Waals surface area contributed by atoms with Gasteiger partial charge in [0, 0.05) is 27.2 Å². The third-order valence-corrected chi connectivity index (χ3v) is 6.72. The molecule has 1 saturated heterocycles. The fourth-order valence-electron chi connectivity index (χ4n) is 2.86. The van der Waals surface area contributed by atoms with E-state index in [1.165, 1.54) is 0 Å². The molecule has 1 aromatic heterocycles. The van der Waals surface area contributed by atoms with Gasteiger partial charge in [-0.1, -0.05) is 0 Å². The molecule has 2 aromatic rings. The van der Waals surface area contributed by atoms with E-state index in [-0.39, 0.29) is 18.0 Å². The number of amides is 2. The van der Waals surface area contributed by atoms with Crippen LogP contribution < -0.4 is 5.32 Å². The Morgan fingerprint density at radius 2 is 2.00 bits per heavy atom. The van der Waals surface area contributed by atoms with Gasteiger partial charge >= 0.3 is 6.09 Å². The van der Waals surface area contributed by atoms with Crippen LogP contribution in [0.3, 0.4) is 0 Å². The van der Waals surface area contributed by atoms with Crippen LogP contribution in [0, 0.1) is 10.5 Å². The van der Waals surface area contributed by atoms with Gasteiger partial charge in [-0.25, -0.2) is 9.48 Å². The van der Waals surface area contributed by atoms with E-state index in [4.69, 9.17) is 4.74 Å². The average Bonchev–Trinajstić information content (AvgIpc) is 2.95. The van der Waals surface area contributed by atoms with Crippen LogP contribution in [0.2, 0.25) is 0 Å². The zero-order valence-corrected chi connectivity index (χ0v) is 19.9. The molecule has 1 N–H and O–H groups in total. The van der Waals surface area contributed by atoms with Crippen LogP contribution in [0.1, 0.15) is 42.7 Å². The first-order valence-electron chi connectivity index (χ1n) is 8.83. The lowest BCUT2D eigenvalue weighted by Gasteiger charge is -2.40. The molecule has 2 heterocycles. The van der Waals surface area contributed by atoms with Crippen LogP contribution in [-0.4, -0.2) is 45.4 Å². The summed E-state index contributed by atoms with van der Waals surface area (Å²) < 4.78 is 8.87. The number of ether oxygens (including phenoxy) is 1. The summed E-state index contributed by atoms with van der Waals surface area (Å²) in [7, 11) is 0. The highest BCUT2D eigenvalue weighted by Gasteiger charge is 2.36. The molecule has 0 radical (unpaired) electrons. The smallest absolute Gasteiger partial charge is 0.410 e. The number of likely N-dealkylation sites (tertiary alicyclic amines) is 1. The Morgan fingerprint density at radius 1 is 1.32 bits per heavy atom. The van der Waals surface area contributed by atoms with E-state index in [9.17, 15) is 9.59 Å².